The van der Waals surface area contributed by atoms with Crippen molar-refractivity contribution in [3.8, 4) is 17.2 Å². The molecule has 4 nitrogen and oxygen atoms in total. The zero-order chi connectivity index (χ0) is 15.2. The Morgan fingerprint density at radius 2 is 1.52 bits per heavy atom. The number of hydrogen-bond acceptors (Lipinski definition) is 4. The van der Waals surface area contributed by atoms with Crippen LogP contribution in [0.4, 0.5) is 5.69 Å². The lowest BCUT2D eigenvalue weighted by molar-refractivity contribution is 0.300. The second kappa shape index (κ2) is 7.43. The number of anilines is 1. The van der Waals surface area contributed by atoms with Gasteiger partial charge in [0, 0.05) is 24.4 Å². The van der Waals surface area contributed by atoms with Crippen LogP contribution in [0.3, 0.4) is 0 Å². The van der Waals surface area contributed by atoms with Crippen molar-refractivity contribution in [3.05, 3.63) is 12.1 Å². The molecule has 1 N–H and O–H groups in total. The van der Waals surface area contributed by atoms with Crippen molar-refractivity contribution in [1.29, 1.82) is 0 Å². The van der Waals surface area contributed by atoms with E-state index in [0.717, 1.165) is 24.1 Å². The largest absolute Gasteiger partial charge is 0.493 e. The van der Waals surface area contributed by atoms with Gasteiger partial charge >= 0.3 is 0 Å². The summed E-state index contributed by atoms with van der Waals surface area (Å²) in [5.74, 6) is 3.67. The minimum Gasteiger partial charge on any atom is -0.493 e. The van der Waals surface area contributed by atoms with E-state index >= 15 is 0 Å². The van der Waals surface area contributed by atoms with Crippen molar-refractivity contribution in [2.45, 2.75) is 32.6 Å². The Bertz CT molecular complexity index is 428. The Kier molecular flexibility index (Phi) is 5.59. The molecule has 118 valence electrons. The highest BCUT2D eigenvalue weighted by atomic mass is 16.5. The SMILES string of the molecule is COc1cc(NCC2CCC(C)CC2)cc(OC)c1OC. The summed E-state index contributed by atoms with van der Waals surface area (Å²) < 4.78 is 16.1. The summed E-state index contributed by atoms with van der Waals surface area (Å²) in [6, 6.07) is 3.93. The standard InChI is InChI=1S/C17H27NO3/c1-12-5-7-13(8-6-12)11-18-14-9-15(19-2)17(21-4)16(10-14)20-3/h9-10,12-13,18H,5-8,11H2,1-4H3. The molecule has 0 heterocycles. The molecule has 21 heavy (non-hydrogen) atoms. The maximum atomic E-state index is 5.38. The highest BCUT2D eigenvalue weighted by Gasteiger charge is 2.18. The second-order valence-electron chi connectivity index (χ2n) is 5.92. The van der Waals surface area contributed by atoms with Crippen LogP contribution in [-0.2, 0) is 0 Å². The van der Waals surface area contributed by atoms with E-state index in [1.54, 1.807) is 21.3 Å². The molecule has 0 radical (unpaired) electrons. The van der Waals surface area contributed by atoms with Gasteiger partial charge < -0.3 is 19.5 Å². The van der Waals surface area contributed by atoms with E-state index in [1.165, 1.54) is 25.7 Å². The Hall–Kier alpha value is -1.58. The van der Waals surface area contributed by atoms with E-state index in [0.29, 0.717) is 17.2 Å². The second-order valence-corrected chi connectivity index (χ2v) is 5.92. The molecule has 0 atom stereocenters. The fourth-order valence-electron chi connectivity index (χ4n) is 2.98. The van der Waals surface area contributed by atoms with Crippen molar-refractivity contribution in [2.24, 2.45) is 11.8 Å². The molecule has 2 rings (SSSR count). The normalized spacial score (nSPS) is 21.7. The van der Waals surface area contributed by atoms with E-state index in [9.17, 15) is 0 Å². The first-order chi connectivity index (χ1) is 10.2. The van der Waals surface area contributed by atoms with Crippen molar-refractivity contribution in [1.82, 2.24) is 0 Å². The van der Waals surface area contributed by atoms with Gasteiger partial charge in [0.2, 0.25) is 5.75 Å². The number of methoxy groups -OCH3 is 3. The van der Waals surface area contributed by atoms with Crippen LogP contribution in [0.15, 0.2) is 12.1 Å². The fraction of sp³-hybridized carbons (Fsp3) is 0.647. The van der Waals surface area contributed by atoms with Crippen molar-refractivity contribution >= 4 is 5.69 Å². The summed E-state index contributed by atoms with van der Waals surface area (Å²) in [5.41, 5.74) is 1.02. The van der Waals surface area contributed by atoms with Gasteiger partial charge in [-0.25, -0.2) is 0 Å². The van der Waals surface area contributed by atoms with Crippen molar-refractivity contribution < 1.29 is 14.2 Å². The third kappa shape index (κ3) is 3.96. The van der Waals surface area contributed by atoms with E-state index in [-0.39, 0.29) is 0 Å². The number of nitrogens with one attached hydrogen (secondary N) is 1. The molecule has 0 amide bonds. The molecule has 0 saturated heterocycles. The van der Waals surface area contributed by atoms with E-state index in [1.807, 2.05) is 12.1 Å². The highest BCUT2D eigenvalue weighted by Crippen LogP contribution is 2.40. The summed E-state index contributed by atoms with van der Waals surface area (Å²) in [6.07, 6.45) is 5.33. The Morgan fingerprint density at radius 1 is 0.952 bits per heavy atom. The minimum atomic E-state index is 0.636. The zero-order valence-electron chi connectivity index (χ0n) is 13.6. The number of hydrogen-bond donors (Lipinski definition) is 1. The van der Waals surface area contributed by atoms with E-state index < -0.39 is 0 Å². The summed E-state index contributed by atoms with van der Waals surface area (Å²) in [5, 5.41) is 3.51. The van der Waals surface area contributed by atoms with E-state index in [2.05, 4.69) is 12.2 Å². The Morgan fingerprint density at radius 3 is 2.00 bits per heavy atom. The third-order valence-electron chi connectivity index (χ3n) is 4.40. The molecular formula is C17H27NO3. The lowest BCUT2D eigenvalue weighted by Crippen LogP contribution is -2.20. The summed E-state index contributed by atoms with van der Waals surface area (Å²) in [4.78, 5) is 0. The van der Waals surface area contributed by atoms with Crippen LogP contribution >= 0.6 is 0 Å². The average molecular weight is 293 g/mol. The number of ether oxygens (including phenoxy) is 3. The first kappa shape index (κ1) is 15.8. The van der Waals surface area contributed by atoms with Crippen LogP contribution in [0.1, 0.15) is 32.6 Å². The minimum absolute atomic E-state index is 0.636. The number of rotatable bonds is 6. The van der Waals surface area contributed by atoms with Crippen molar-refractivity contribution in [2.75, 3.05) is 33.2 Å². The highest BCUT2D eigenvalue weighted by molar-refractivity contribution is 5.62. The zero-order valence-corrected chi connectivity index (χ0v) is 13.6. The molecule has 1 aromatic rings. The molecule has 1 saturated carbocycles. The molecule has 4 heteroatoms. The van der Waals surface area contributed by atoms with Gasteiger partial charge in [0.1, 0.15) is 0 Å². The van der Waals surface area contributed by atoms with Crippen LogP contribution in [0.5, 0.6) is 17.2 Å². The summed E-state index contributed by atoms with van der Waals surface area (Å²) in [6.45, 7) is 3.36. The van der Waals surface area contributed by atoms with Gasteiger partial charge in [-0.1, -0.05) is 19.8 Å². The van der Waals surface area contributed by atoms with Gasteiger partial charge in [-0.05, 0) is 24.7 Å². The van der Waals surface area contributed by atoms with Crippen LogP contribution in [0, 0.1) is 11.8 Å². The first-order valence-electron chi connectivity index (χ1n) is 7.71. The predicted octanol–water partition coefficient (Wildman–Crippen LogP) is 3.95. The lowest BCUT2D eigenvalue weighted by atomic mass is 9.83. The first-order valence-corrected chi connectivity index (χ1v) is 7.71. The molecule has 1 aliphatic carbocycles. The molecule has 1 aromatic carbocycles. The van der Waals surface area contributed by atoms with Crippen LogP contribution in [-0.4, -0.2) is 27.9 Å². The molecular weight excluding hydrogens is 266 g/mol. The quantitative estimate of drug-likeness (QED) is 0.862. The fourth-order valence-corrected chi connectivity index (χ4v) is 2.98. The van der Waals surface area contributed by atoms with Gasteiger partial charge in [-0.3, -0.25) is 0 Å². The third-order valence-corrected chi connectivity index (χ3v) is 4.40. The Labute approximate surface area is 127 Å². The van der Waals surface area contributed by atoms with Gasteiger partial charge in [-0.2, -0.15) is 0 Å². The van der Waals surface area contributed by atoms with Crippen LogP contribution in [0.25, 0.3) is 0 Å². The molecule has 0 spiro atoms. The molecule has 0 bridgehead atoms. The van der Waals surface area contributed by atoms with Crippen LogP contribution < -0.4 is 19.5 Å². The van der Waals surface area contributed by atoms with Crippen molar-refractivity contribution in [3.63, 3.8) is 0 Å². The topological polar surface area (TPSA) is 39.7 Å². The lowest BCUT2D eigenvalue weighted by Gasteiger charge is -2.26. The predicted molar refractivity (Wildman–Crippen MR) is 85.7 cm³/mol. The Balaban J connectivity index is 2.02. The molecule has 1 aliphatic rings. The van der Waals surface area contributed by atoms with Gasteiger partial charge in [0.25, 0.3) is 0 Å². The summed E-state index contributed by atoms with van der Waals surface area (Å²) in [7, 11) is 4.91. The molecule has 1 fully saturated rings. The number of benzene rings is 1. The van der Waals surface area contributed by atoms with Gasteiger partial charge in [0.05, 0.1) is 21.3 Å². The smallest absolute Gasteiger partial charge is 0.203 e. The average Bonchev–Trinajstić information content (AvgIpc) is 2.53. The van der Waals surface area contributed by atoms with Gasteiger partial charge in [0.15, 0.2) is 11.5 Å². The molecule has 0 aromatic heterocycles. The van der Waals surface area contributed by atoms with Crippen LogP contribution in [0.2, 0.25) is 0 Å². The monoisotopic (exact) mass is 293 g/mol. The molecule has 0 aliphatic heterocycles. The van der Waals surface area contributed by atoms with E-state index in [4.69, 9.17) is 14.2 Å². The maximum absolute atomic E-state index is 5.38. The van der Waals surface area contributed by atoms with Gasteiger partial charge in [-0.15, -0.1) is 0 Å². The molecule has 0 unspecified atom stereocenters. The maximum Gasteiger partial charge on any atom is 0.203 e. The summed E-state index contributed by atoms with van der Waals surface area (Å²) >= 11 is 0.